The summed E-state index contributed by atoms with van der Waals surface area (Å²) < 4.78 is 34.1. The van der Waals surface area contributed by atoms with Gasteiger partial charge in [-0.25, -0.2) is 14.1 Å². The largest absolute Gasteiger partial charge is 0.460 e. The Hall–Kier alpha value is -2.71. The van der Waals surface area contributed by atoms with E-state index in [0.29, 0.717) is 42.7 Å². The third-order valence-corrected chi connectivity index (χ3v) is 5.97. The molecule has 0 amide bonds. The second kappa shape index (κ2) is 8.43. The summed E-state index contributed by atoms with van der Waals surface area (Å²) in [6.45, 7) is 2.50. The van der Waals surface area contributed by atoms with Crippen molar-refractivity contribution in [1.29, 1.82) is 0 Å². The standard InChI is InChI=1S/C23H27FN4O3/c1-27(2)16-6-7-19(20(24)11-16)22-25-23(21-18-8-10-29-13-15(18)14-31-21)28(26-22)12-17-5-3-4-9-30-17/h6-7,11,14,17H,3-5,8-10,12-13H2,1-2H3. The second-order valence-electron chi connectivity index (χ2n) is 8.36. The Morgan fingerprint density at radius 3 is 2.90 bits per heavy atom. The van der Waals surface area contributed by atoms with Crippen LogP contribution in [-0.4, -0.2) is 48.2 Å². The van der Waals surface area contributed by atoms with Gasteiger partial charge in [-0.05, 0) is 37.5 Å². The van der Waals surface area contributed by atoms with Crippen molar-refractivity contribution in [3.8, 4) is 23.0 Å². The Kier molecular flexibility index (Phi) is 5.50. The van der Waals surface area contributed by atoms with E-state index >= 15 is 0 Å². The van der Waals surface area contributed by atoms with Crippen LogP contribution in [0.1, 0.15) is 30.4 Å². The van der Waals surface area contributed by atoms with Crippen LogP contribution in [0.3, 0.4) is 0 Å². The van der Waals surface area contributed by atoms with Gasteiger partial charge in [0.2, 0.25) is 0 Å². The van der Waals surface area contributed by atoms with E-state index in [4.69, 9.17) is 24.0 Å². The van der Waals surface area contributed by atoms with Gasteiger partial charge >= 0.3 is 0 Å². The minimum atomic E-state index is -0.348. The minimum Gasteiger partial charge on any atom is -0.460 e. The van der Waals surface area contributed by atoms with Gasteiger partial charge in [-0.2, -0.15) is 5.10 Å². The highest BCUT2D eigenvalue weighted by Gasteiger charge is 2.26. The van der Waals surface area contributed by atoms with Crippen molar-refractivity contribution in [2.24, 2.45) is 0 Å². The van der Waals surface area contributed by atoms with Crippen molar-refractivity contribution in [1.82, 2.24) is 14.8 Å². The van der Waals surface area contributed by atoms with Gasteiger partial charge in [0, 0.05) is 43.9 Å². The second-order valence-corrected chi connectivity index (χ2v) is 8.36. The van der Waals surface area contributed by atoms with E-state index < -0.39 is 0 Å². The lowest BCUT2D eigenvalue weighted by atomic mass is 10.1. The summed E-state index contributed by atoms with van der Waals surface area (Å²) in [6, 6.07) is 5.11. The summed E-state index contributed by atoms with van der Waals surface area (Å²) in [5, 5.41) is 4.70. The van der Waals surface area contributed by atoms with Crippen LogP contribution >= 0.6 is 0 Å². The third kappa shape index (κ3) is 3.97. The molecule has 4 heterocycles. The number of nitrogens with zero attached hydrogens (tertiary/aromatic N) is 4. The Labute approximate surface area is 180 Å². The molecule has 7 nitrogen and oxygen atoms in total. The molecule has 1 fully saturated rings. The zero-order valence-electron chi connectivity index (χ0n) is 17.9. The Balaban J connectivity index is 1.56. The lowest BCUT2D eigenvalue weighted by Crippen LogP contribution is -2.25. The maximum absolute atomic E-state index is 14.9. The molecule has 2 aliphatic heterocycles. The van der Waals surface area contributed by atoms with Crippen molar-refractivity contribution in [3.05, 3.63) is 41.4 Å². The fraction of sp³-hybridized carbons (Fsp3) is 0.478. The number of halogens is 1. The monoisotopic (exact) mass is 426 g/mol. The molecule has 8 heteroatoms. The van der Waals surface area contributed by atoms with Crippen molar-refractivity contribution < 1.29 is 18.3 Å². The van der Waals surface area contributed by atoms with Gasteiger partial charge in [0.05, 0.1) is 37.7 Å². The molecule has 0 bridgehead atoms. The molecule has 164 valence electrons. The topological polar surface area (TPSA) is 65.5 Å². The number of furan rings is 1. The van der Waals surface area contributed by atoms with Gasteiger partial charge in [-0.15, -0.1) is 0 Å². The first-order chi connectivity index (χ1) is 15.1. The molecule has 31 heavy (non-hydrogen) atoms. The number of anilines is 1. The fourth-order valence-corrected chi connectivity index (χ4v) is 4.22. The van der Waals surface area contributed by atoms with Crippen molar-refractivity contribution in [2.45, 2.75) is 44.9 Å². The van der Waals surface area contributed by atoms with E-state index in [9.17, 15) is 4.39 Å². The SMILES string of the molecule is CN(C)c1ccc(-c2nc(-c3occ4c3CCOC4)n(CC3CCCCO3)n2)c(F)c1. The number of hydrogen-bond donors (Lipinski definition) is 0. The van der Waals surface area contributed by atoms with Crippen molar-refractivity contribution in [2.75, 3.05) is 32.2 Å². The highest BCUT2D eigenvalue weighted by atomic mass is 19.1. The molecule has 5 rings (SSSR count). The Morgan fingerprint density at radius 2 is 2.13 bits per heavy atom. The predicted octanol–water partition coefficient (Wildman–Crippen LogP) is 4.05. The van der Waals surface area contributed by atoms with Crippen LogP contribution in [0.25, 0.3) is 23.0 Å². The summed E-state index contributed by atoms with van der Waals surface area (Å²) >= 11 is 0. The quantitative estimate of drug-likeness (QED) is 0.613. The zero-order valence-corrected chi connectivity index (χ0v) is 17.9. The molecule has 0 aliphatic carbocycles. The predicted molar refractivity (Wildman–Crippen MR) is 114 cm³/mol. The molecule has 0 saturated carbocycles. The zero-order chi connectivity index (χ0) is 21.4. The van der Waals surface area contributed by atoms with Crippen LogP contribution in [0.15, 0.2) is 28.9 Å². The van der Waals surface area contributed by atoms with Crippen LogP contribution in [0.5, 0.6) is 0 Å². The number of aromatic nitrogens is 3. The first-order valence-electron chi connectivity index (χ1n) is 10.8. The van der Waals surface area contributed by atoms with Crippen molar-refractivity contribution in [3.63, 3.8) is 0 Å². The average Bonchev–Trinajstić information content (AvgIpc) is 3.38. The molecule has 1 unspecified atom stereocenters. The first-order valence-corrected chi connectivity index (χ1v) is 10.8. The Bertz CT molecular complexity index is 1070. The molecule has 0 N–H and O–H groups in total. The maximum Gasteiger partial charge on any atom is 0.195 e. The van der Waals surface area contributed by atoms with E-state index in [1.807, 2.05) is 29.7 Å². The van der Waals surface area contributed by atoms with Crippen molar-refractivity contribution >= 4 is 5.69 Å². The van der Waals surface area contributed by atoms with E-state index in [-0.39, 0.29) is 11.9 Å². The van der Waals surface area contributed by atoms with Gasteiger partial charge in [0.25, 0.3) is 0 Å². The van der Waals surface area contributed by atoms with E-state index in [2.05, 4.69) is 0 Å². The summed E-state index contributed by atoms with van der Waals surface area (Å²) in [6.07, 6.45) is 5.75. The minimum absolute atomic E-state index is 0.0668. The number of fused-ring (bicyclic) bond motifs is 1. The molecular formula is C23H27FN4O3. The molecule has 1 saturated heterocycles. The molecular weight excluding hydrogens is 399 g/mol. The molecule has 2 aliphatic rings. The van der Waals surface area contributed by atoms with Crippen LogP contribution in [0.2, 0.25) is 0 Å². The molecule has 3 aromatic rings. The fourth-order valence-electron chi connectivity index (χ4n) is 4.22. The van der Waals surface area contributed by atoms with E-state index in [1.165, 1.54) is 6.07 Å². The number of hydrogen-bond acceptors (Lipinski definition) is 6. The normalized spacial score (nSPS) is 18.7. The van der Waals surface area contributed by atoms with E-state index in [1.54, 1.807) is 12.3 Å². The summed E-state index contributed by atoms with van der Waals surface area (Å²) in [5.41, 5.74) is 3.29. The van der Waals surface area contributed by atoms with Crippen LogP contribution in [0, 0.1) is 5.82 Å². The number of benzene rings is 1. The number of ether oxygens (including phenoxy) is 2. The van der Waals surface area contributed by atoms with Gasteiger partial charge < -0.3 is 18.8 Å². The summed E-state index contributed by atoms with van der Waals surface area (Å²) in [7, 11) is 3.76. The molecule has 1 aromatic carbocycles. The smallest absolute Gasteiger partial charge is 0.195 e. The summed E-state index contributed by atoms with van der Waals surface area (Å²) in [4.78, 5) is 6.60. The third-order valence-electron chi connectivity index (χ3n) is 5.97. The lowest BCUT2D eigenvalue weighted by molar-refractivity contribution is 0.00421. The van der Waals surface area contributed by atoms with Crippen LogP contribution < -0.4 is 4.90 Å². The van der Waals surface area contributed by atoms with Gasteiger partial charge in [0.1, 0.15) is 5.82 Å². The van der Waals surface area contributed by atoms with Gasteiger partial charge in [-0.3, -0.25) is 0 Å². The maximum atomic E-state index is 14.9. The number of rotatable bonds is 5. The highest BCUT2D eigenvalue weighted by molar-refractivity contribution is 5.64. The first kappa shape index (κ1) is 20.2. The van der Waals surface area contributed by atoms with Gasteiger partial charge in [-0.1, -0.05) is 0 Å². The average molecular weight is 426 g/mol. The molecule has 2 aromatic heterocycles. The highest BCUT2D eigenvalue weighted by Crippen LogP contribution is 2.33. The summed E-state index contributed by atoms with van der Waals surface area (Å²) in [5.74, 6) is 1.31. The van der Waals surface area contributed by atoms with E-state index in [0.717, 1.165) is 49.1 Å². The lowest BCUT2D eigenvalue weighted by Gasteiger charge is -2.22. The van der Waals surface area contributed by atoms with Crippen LogP contribution in [0.4, 0.5) is 10.1 Å². The Morgan fingerprint density at radius 1 is 1.23 bits per heavy atom. The molecule has 0 radical (unpaired) electrons. The molecule has 0 spiro atoms. The van der Waals surface area contributed by atoms with Gasteiger partial charge in [0.15, 0.2) is 17.4 Å². The molecule has 1 atom stereocenters. The van der Waals surface area contributed by atoms with Crippen LogP contribution in [-0.2, 0) is 29.0 Å².